The van der Waals surface area contributed by atoms with Crippen LogP contribution in [-0.2, 0) is 17.6 Å². The predicted octanol–water partition coefficient (Wildman–Crippen LogP) is 5.59. The second-order valence-corrected chi connectivity index (χ2v) is 7.88. The molecule has 3 aromatic rings. The first-order valence-electron chi connectivity index (χ1n) is 10.9. The van der Waals surface area contributed by atoms with Crippen LogP contribution in [0.3, 0.4) is 0 Å². The molecule has 0 heterocycles. The second kappa shape index (κ2) is 9.61. The molecule has 0 aliphatic heterocycles. The Kier molecular flexibility index (Phi) is 6.46. The summed E-state index contributed by atoms with van der Waals surface area (Å²) in [6.07, 6.45) is 4.48. The summed E-state index contributed by atoms with van der Waals surface area (Å²) in [5.41, 5.74) is 4.24. The fourth-order valence-electron chi connectivity index (χ4n) is 4.02. The fraction of sp³-hybridized carbons (Fsp3) is 0.259. The number of ketones is 1. The average Bonchev–Trinajstić information content (AvgIpc) is 2.82. The van der Waals surface area contributed by atoms with Gasteiger partial charge in [-0.3, -0.25) is 9.59 Å². The van der Waals surface area contributed by atoms with Crippen LogP contribution in [0.2, 0.25) is 0 Å². The lowest BCUT2D eigenvalue weighted by Crippen LogP contribution is -2.33. The largest absolute Gasteiger partial charge is 0.481 e. The molecular formula is C27H27NO3. The predicted molar refractivity (Wildman–Crippen MR) is 123 cm³/mol. The molecule has 0 bridgehead atoms. The third-order valence-corrected chi connectivity index (χ3v) is 5.73. The van der Waals surface area contributed by atoms with Crippen molar-refractivity contribution >= 4 is 17.4 Å². The Morgan fingerprint density at radius 1 is 0.903 bits per heavy atom. The van der Waals surface area contributed by atoms with Gasteiger partial charge in [0.25, 0.3) is 5.91 Å². The Balaban J connectivity index is 1.50. The van der Waals surface area contributed by atoms with E-state index in [1.54, 1.807) is 30.3 Å². The lowest BCUT2D eigenvalue weighted by molar-refractivity contribution is -0.122. The van der Waals surface area contributed by atoms with Gasteiger partial charge in [0.15, 0.2) is 11.9 Å². The van der Waals surface area contributed by atoms with Gasteiger partial charge < -0.3 is 10.1 Å². The highest BCUT2D eigenvalue weighted by Gasteiger charge is 2.22. The number of para-hydroxylation sites is 1. The number of rotatable bonds is 7. The lowest BCUT2D eigenvalue weighted by atomic mass is 9.92. The maximum atomic E-state index is 13.0. The summed E-state index contributed by atoms with van der Waals surface area (Å²) < 4.78 is 6.05. The molecule has 0 saturated heterocycles. The van der Waals surface area contributed by atoms with Crippen LogP contribution in [0, 0.1) is 0 Å². The number of carbonyl (C=O) groups is 2. The molecule has 0 radical (unpaired) electrons. The molecule has 1 atom stereocenters. The summed E-state index contributed by atoms with van der Waals surface area (Å²) in [6, 6.07) is 22.3. The number of aryl methyl sites for hydroxylation is 2. The molecular weight excluding hydrogens is 386 g/mol. The van der Waals surface area contributed by atoms with Crippen molar-refractivity contribution < 1.29 is 14.3 Å². The van der Waals surface area contributed by atoms with Crippen molar-refractivity contribution in [2.45, 2.75) is 45.1 Å². The van der Waals surface area contributed by atoms with E-state index in [2.05, 4.69) is 17.4 Å². The van der Waals surface area contributed by atoms with Crippen molar-refractivity contribution in [3.05, 3.63) is 95.1 Å². The summed E-state index contributed by atoms with van der Waals surface area (Å²) in [7, 11) is 0. The Morgan fingerprint density at radius 2 is 1.61 bits per heavy atom. The Morgan fingerprint density at radius 3 is 2.39 bits per heavy atom. The van der Waals surface area contributed by atoms with Gasteiger partial charge in [-0.25, -0.2) is 0 Å². The first kappa shape index (κ1) is 20.9. The highest BCUT2D eigenvalue weighted by Crippen LogP contribution is 2.27. The number of nitrogens with one attached hydrogen (secondary N) is 1. The smallest absolute Gasteiger partial charge is 0.265 e. The van der Waals surface area contributed by atoms with Crippen LogP contribution < -0.4 is 10.1 Å². The Bertz CT molecular complexity index is 1070. The van der Waals surface area contributed by atoms with Crippen LogP contribution in [0.1, 0.15) is 53.2 Å². The third kappa shape index (κ3) is 4.85. The zero-order chi connectivity index (χ0) is 21.6. The number of fused-ring (bicyclic) bond motifs is 1. The van der Waals surface area contributed by atoms with E-state index < -0.39 is 6.10 Å². The van der Waals surface area contributed by atoms with Gasteiger partial charge >= 0.3 is 0 Å². The standard InChI is InChI=1S/C27H27NO3/c1-2-25(31-22-17-16-19-10-6-7-13-21(19)18-22)27(30)28-24-15-9-8-14-23(24)26(29)20-11-4-3-5-12-20/h3-5,8-9,11-12,14-18,25H,2,6-7,10,13H2,1H3,(H,28,30)/t25-/m0/s1. The van der Waals surface area contributed by atoms with Crippen LogP contribution in [0.25, 0.3) is 0 Å². The molecule has 0 saturated carbocycles. The number of amides is 1. The molecule has 0 spiro atoms. The molecule has 1 aliphatic carbocycles. The van der Waals surface area contributed by atoms with Gasteiger partial charge in [-0.2, -0.15) is 0 Å². The van der Waals surface area contributed by atoms with Crippen molar-refractivity contribution in [1.29, 1.82) is 0 Å². The fourth-order valence-corrected chi connectivity index (χ4v) is 4.02. The van der Waals surface area contributed by atoms with E-state index in [0.29, 0.717) is 23.2 Å². The summed E-state index contributed by atoms with van der Waals surface area (Å²) in [5.74, 6) is 0.338. The summed E-state index contributed by atoms with van der Waals surface area (Å²) in [4.78, 5) is 25.9. The lowest BCUT2D eigenvalue weighted by Gasteiger charge is -2.21. The van der Waals surface area contributed by atoms with E-state index in [-0.39, 0.29) is 11.7 Å². The maximum absolute atomic E-state index is 13.0. The molecule has 4 heteroatoms. The van der Waals surface area contributed by atoms with E-state index in [0.717, 1.165) is 18.6 Å². The summed E-state index contributed by atoms with van der Waals surface area (Å²) in [6.45, 7) is 1.92. The summed E-state index contributed by atoms with van der Waals surface area (Å²) in [5, 5.41) is 2.91. The van der Waals surface area contributed by atoms with E-state index in [1.807, 2.05) is 37.3 Å². The molecule has 1 amide bonds. The molecule has 158 valence electrons. The minimum atomic E-state index is -0.637. The molecule has 0 aromatic heterocycles. The van der Waals surface area contributed by atoms with Crippen molar-refractivity contribution in [3.63, 3.8) is 0 Å². The monoisotopic (exact) mass is 413 g/mol. The normalized spacial score (nSPS) is 13.7. The van der Waals surface area contributed by atoms with Crippen LogP contribution >= 0.6 is 0 Å². The van der Waals surface area contributed by atoms with Gasteiger partial charge in [0.1, 0.15) is 5.75 Å². The number of hydrogen-bond acceptors (Lipinski definition) is 3. The van der Waals surface area contributed by atoms with Crippen molar-refractivity contribution in [2.24, 2.45) is 0 Å². The minimum Gasteiger partial charge on any atom is -0.481 e. The van der Waals surface area contributed by atoms with Crippen molar-refractivity contribution in [2.75, 3.05) is 5.32 Å². The number of ether oxygens (including phenoxy) is 1. The van der Waals surface area contributed by atoms with Crippen LogP contribution in [0.4, 0.5) is 5.69 Å². The minimum absolute atomic E-state index is 0.125. The third-order valence-electron chi connectivity index (χ3n) is 5.73. The van der Waals surface area contributed by atoms with E-state index in [9.17, 15) is 9.59 Å². The number of carbonyl (C=O) groups excluding carboxylic acids is 2. The van der Waals surface area contributed by atoms with Gasteiger partial charge in [0.05, 0.1) is 5.69 Å². The van der Waals surface area contributed by atoms with Crippen molar-refractivity contribution in [1.82, 2.24) is 0 Å². The molecule has 0 fully saturated rings. The Labute approximate surface area is 183 Å². The highest BCUT2D eigenvalue weighted by molar-refractivity contribution is 6.14. The molecule has 4 rings (SSSR count). The zero-order valence-corrected chi connectivity index (χ0v) is 17.8. The van der Waals surface area contributed by atoms with E-state index >= 15 is 0 Å². The van der Waals surface area contributed by atoms with Gasteiger partial charge in [0.2, 0.25) is 0 Å². The SMILES string of the molecule is CC[C@H](Oc1ccc2c(c1)CCCC2)C(=O)Nc1ccccc1C(=O)c1ccccc1. The first-order valence-corrected chi connectivity index (χ1v) is 10.9. The number of benzene rings is 3. The van der Waals surface area contributed by atoms with Crippen LogP contribution in [0.5, 0.6) is 5.75 Å². The molecule has 31 heavy (non-hydrogen) atoms. The molecule has 1 N–H and O–H groups in total. The van der Waals surface area contributed by atoms with Crippen molar-refractivity contribution in [3.8, 4) is 5.75 Å². The quantitative estimate of drug-likeness (QED) is 0.514. The van der Waals surface area contributed by atoms with Gasteiger partial charge in [0, 0.05) is 11.1 Å². The van der Waals surface area contributed by atoms with Gasteiger partial charge in [-0.05, 0) is 67.5 Å². The first-order chi connectivity index (χ1) is 15.2. The van der Waals surface area contributed by atoms with E-state index in [4.69, 9.17) is 4.74 Å². The maximum Gasteiger partial charge on any atom is 0.265 e. The topological polar surface area (TPSA) is 55.4 Å². The second-order valence-electron chi connectivity index (χ2n) is 7.88. The number of anilines is 1. The van der Waals surface area contributed by atoms with Gasteiger partial charge in [-0.1, -0.05) is 55.5 Å². The highest BCUT2D eigenvalue weighted by atomic mass is 16.5. The molecule has 4 nitrogen and oxygen atoms in total. The van der Waals surface area contributed by atoms with Gasteiger partial charge in [-0.15, -0.1) is 0 Å². The molecule has 0 unspecified atom stereocenters. The zero-order valence-electron chi connectivity index (χ0n) is 17.8. The average molecular weight is 414 g/mol. The van der Waals surface area contributed by atoms with Crippen LogP contribution in [0.15, 0.2) is 72.8 Å². The molecule has 1 aliphatic rings. The Hall–Kier alpha value is -3.40. The van der Waals surface area contributed by atoms with Crippen LogP contribution in [-0.4, -0.2) is 17.8 Å². The van der Waals surface area contributed by atoms with E-state index in [1.165, 1.54) is 24.0 Å². The number of hydrogen-bond donors (Lipinski definition) is 1. The summed E-state index contributed by atoms with van der Waals surface area (Å²) >= 11 is 0. The molecule has 3 aromatic carbocycles.